The van der Waals surface area contributed by atoms with Gasteiger partial charge in [0.2, 0.25) is 0 Å². The fraction of sp³-hybridized carbons (Fsp3) is 0.500. The number of nitrogens with zero attached hydrogens (tertiary/aromatic N) is 5. The zero-order valence-corrected chi connectivity index (χ0v) is 18.9. The fourth-order valence-corrected chi connectivity index (χ4v) is 2.52. The van der Waals surface area contributed by atoms with Crippen LogP contribution in [0.25, 0.3) is 0 Å². The number of benzene rings is 1. The highest BCUT2D eigenvalue weighted by molar-refractivity contribution is 14.0. The number of aryl methyl sites for hydroxylation is 1. The summed E-state index contributed by atoms with van der Waals surface area (Å²) in [5.41, 5.74) is 1.18. The minimum atomic E-state index is 0. The molecule has 8 nitrogen and oxygen atoms in total. The van der Waals surface area contributed by atoms with Crippen LogP contribution in [-0.2, 0) is 20.0 Å². The lowest BCUT2D eigenvalue weighted by molar-refractivity contribution is 0.354. The van der Waals surface area contributed by atoms with Crippen LogP contribution in [0.4, 0.5) is 0 Å². The number of rotatable bonds is 8. The average molecular weight is 488 g/mol. The molecular formula is C18H29IN6O2. The van der Waals surface area contributed by atoms with Gasteiger partial charge in [-0.25, -0.2) is 9.98 Å². The maximum Gasteiger partial charge on any atom is 0.194 e. The molecule has 27 heavy (non-hydrogen) atoms. The van der Waals surface area contributed by atoms with Gasteiger partial charge in [-0.05, 0) is 31.0 Å². The number of methoxy groups -OCH3 is 2. The molecule has 9 heteroatoms. The van der Waals surface area contributed by atoms with Gasteiger partial charge in [0, 0.05) is 27.2 Å². The number of guanidine groups is 1. The molecule has 0 aliphatic rings. The molecule has 1 aromatic carbocycles. The minimum absolute atomic E-state index is 0. The molecule has 2 rings (SSSR count). The molecular weight excluding hydrogens is 459 g/mol. The van der Waals surface area contributed by atoms with E-state index in [2.05, 4.69) is 38.3 Å². The van der Waals surface area contributed by atoms with Crippen LogP contribution in [0.3, 0.4) is 0 Å². The molecule has 0 unspecified atom stereocenters. The first-order valence-corrected chi connectivity index (χ1v) is 8.62. The second-order valence-corrected chi connectivity index (χ2v) is 5.83. The van der Waals surface area contributed by atoms with E-state index in [0.717, 1.165) is 42.8 Å². The van der Waals surface area contributed by atoms with Crippen LogP contribution in [0.2, 0.25) is 0 Å². The molecule has 1 aromatic heterocycles. The van der Waals surface area contributed by atoms with Crippen molar-refractivity contribution < 1.29 is 9.47 Å². The maximum absolute atomic E-state index is 5.37. The number of aromatic nitrogens is 3. The summed E-state index contributed by atoms with van der Waals surface area (Å²) in [5, 5.41) is 7.39. The van der Waals surface area contributed by atoms with Gasteiger partial charge < -0.3 is 19.7 Å². The normalized spacial score (nSPS) is 10.9. The predicted octanol–water partition coefficient (Wildman–Crippen LogP) is 2.09. The smallest absolute Gasteiger partial charge is 0.194 e. The van der Waals surface area contributed by atoms with E-state index in [0.29, 0.717) is 6.54 Å². The number of hydrogen-bond acceptors (Lipinski definition) is 5. The zero-order chi connectivity index (χ0) is 18.9. The molecule has 0 fully saturated rings. The number of hydrogen-bond donors (Lipinski definition) is 1. The lowest BCUT2D eigenvalue weighted by Crippen LogP contribution is -2.40. The second-order valence-electron chi connectivity index (χ2n) is 5.83. The SMILES string of the molecule is CCNC(=NCc1ncnn1C)N(C)CCc1ccc(OC)c(OC)c1.I. The summed E-state index contributed by atoms with van der Waals surface area (Å²) in [7, 11) is 7.18. The average Bonchev–Trinajstić information content (AvgIpc) is 3.07. The molecule has 0 saturated heterocycles. The van der Waals surface area contributed by atoms with Crippen LogP contribution in [0.15, 0.2) is 29.5 Å². The Morgan fingerprint density at radius 3 is 2.59 bits per heavy atom. The van der Waals surface area contributed by atoms with Crippen molar-refractivity contribution in [3.05, 3.63) is 35.9 Å². The molecule has 1 N–H and O–H groups in total. The summed E-state index contributed by atoms with van der Waals surface area (Å²) < 4.78 is 12.4. The van der Waals surface area contributed by atoms with E-state index in [1.54, 1.807) is 25.2 Å². The molecule has 0 spiro atoms. The van der Waals surface area contributed by atoms with Gasteiger partial charge in [-0.15, -0.1) is 24.0 Å². The Morgan fingerprint density at radius 2 is 2.00 bits per heavy atom. The highest BCUT2D eigenvalue weighted by Gasteiger charge is 2.09. The van der Waals surface area contributed by atoms with E-state index in [1.807, 2.05) is 26.2 Å². The Labute approximate surface area is 178 Å². The molecule has 150 valence electrons. The summed E-state index contributed by atoms with van der Waals surface area (Å²) >= 11 is 0. The van der Waals surface area contributed by atoms with Gasteiger partial charge in [0.25, 0.3) is 0 Å². The number of ether oxygens (including phenoxy) is 2. The van der Waals surface area contributed by atoms with Gasteiger partial charge in [-0.2, -0.15) is 5.10 Å². The number of aliphatic imine (C=N–C) groups is 1. The third kappa shape index (κ3) is 6.56. The van der Waals surface area contributed by atoms with E-state index in [9.17, 15) is 0 Å². The zero-order valence-electron chi connectivity index (χ0n) is 16.6. The third-order valence-corrected chi connectivity index (χ3v) is 4.06. The van der Waals surface area contributed by atoms with Crippen molar-refractivity contribution in [3.8, 4) is 11.5 Å². The van der Waals surface area contributed by atoms with Crippen molar-refractivity contribution in [1.82, 2.24) is 25.0 Å². The molecule has 0 saturated carbocycles. The summed E-state index contributed by atoms with van der Waals surface area (Å²) in [4.78, 5) is 11.0. The van der Waals surface area contributed by atoms with Gasteiger partial charge in [0.15, 0.2) is 17.5 Å². The number of nitrogens with one attached hydrogen (secondary N) is 1. The fourth-order valence-electron chi connectivity index (χ4n) is 2.52. The van der Waals surface area contributed by atoms with E-state index >= 15 is 0 Å². The van der Waals surface area contributed by atoms with Crippen molar-refractivity contribution in [2.75, 3.05) is 34.4 Å². The van der Waals surface area contributed by atoms with Crippen molar-refractivity contribution in [2.45, 2.75) is 19.9 Å². The van der Waals surface area contributed by atoms with Gasteiger partial charge in [0.05, 0.1) is 14.2 Å². The van der Waals surface area contributed by atoms with Crippen molar-refractivity contribution >= 4 is 29.9 Å². The van der Waals surface area contributed by atoms with Crippen LogP contribution in [-0.4, -0.2) is 60.0 Å². The monoisotopic (exact) mass is 488 g/mol. The van der Waals surface area contributed by atoms with Crippen LogP contribution < -0.4 is 14.8 Å². The lowest BCUT2D eigenvalue weighted by atomic mass is 10.1. The summed E-state index contributed by atoms with van der Waals surface area (Å²) in [6.45, 7) is 4.16. The van der Waals surface area contributed by atoms with Gasteiger partial charge >= 0.3 is 0 Å². The molecule has 0 aliphatic heterocycles. The molecule has 2 aromatic rings. The molecule has 0 radical (unpaired) electrons. The van der Waals surface area contributed by atoms with Crippen molar-refractivity contribution in [2.24, 2.45) is 12.0 Å². The van der Waals surface area contributed by atoms with Crippen molar-refractivity contribution in [1.29, 1.82) is 0 Å². The summed E-state index contributed by atoms with van der Waals surface area (Å²) in [5.74, 6) is 3.16. The first-order valence-electron chi connectivity index (χ1n) is 8.62. The highest BCUT2D eigenvalue weighted by atomic mass is 127. The molecule has 0 bridgehead atoms. The lowest BCUT2D eigenvalue weighted by Gasteiger charge is -2.22. The molecule has 0 amide bonds. The Kier molecular flexibility index (Phi) is 9.90. The van der Waals surface area contributed by atoms with Crippen LogP contribution in [0.1, 0.15) is 18.3 Å². The van der Waals surface area contributed by atoms with Gasteiger partial charge in [-0.3, -0.25) is 4.68 Å². The summed E-state index contributed by atoms with van der Waals surface area (Å²) in [6, 6.07) is 6.00. The highest BCUT2D eigenvalue weighted by Crippen LogP contribution is 2.27. The molecule has 0 aliphatic carbocycles. The first kappa shape index (κ1) is 23.0. The Morgan fingerprint density at radius 1 is 1.26 bits per heavy atom. The predicted molar refractivity (Wildman–Crippen MR) is 117 cm³/mol. The molecule has 0 atom stereocenters. The topological polar surface area (TPSA) is 76.8 Å². The van der Waals surface area contributed by atoms with Gasteiger partial charge in [0.1, 0.15) is 18.7 Å². The Bertz CT molecular complexity index is 734. The number of halogens is 1. The second kappa shape index (κ2) is 11.6. The first-order chi connectivity index (χ1) is 12.6. The Hall–Kier alpha value is -2.04. The largest absolute Gasteiger partial charge is 0.493 e. The van der Waals surface area contributed by atoms with Crippen LogP contribution in [0.5, 0.6) is 11.5 Å². The molecule has 1 heterocycles. The maximum atomic E-state index is 5.37. The Balaban J connectivity index is 0.00000364. The number of likely N-dealkylation sites (N-methyl/N-ethyl adjacent to an activating group) is 1. The van der Waals surface area contributed by atoms with E-state index in [1.165, 1.54) is 5.56 Å². The minimum Gasteiger partial charge on any atom is -0.493 e. The van der Waals surface area contributed by atoms with E-state index in [-0.39, 0.29) is 24.0 Å². The van der Waals surface area contributed by atoms with Crippen LogP contribution in [0, 0.1) is 0 Å². The van der Waals surface area contributed by atoms with Crippen molar-refractivity contribution in [3.63, 3.8) is 0 Å². The third-order valence-electron chi connectivity index (χ3n) is 4.06. The van der Waals surface area contributed by atoms with Crippen LogP contribution >= 0.6 is 24.0 Å². The van der Waals surface area contributed by atoms with E-state index < -0.39 is 0 Å². The quantitative estimate of drug-likeness (QED) is 0.349. The standard InChI is InChI=1S/C18H28N6O2.HI/c1-6-19-18(20-12-17-21-13-22-24(17)3)23(2)10-9-14-7-8-15(25-4)16(11-14)26-5;/h7-8,11,13H,6,9-10,12H2,1-5H3,(H,19,20);1H. The summed E-state index contributed by atoms with van der Waals surface area (Å²) in [6.07, 6.45) is 2.41. The van der Waals surface area contributed by atoms with Gasteiger partial charge in [-0.1, -0.05) is 6.07 Å². The van der Waals surface area contributed by atoms with E-state index in [4.69, 9.17) is 9.47 Å².